The van der Waals surface area contributed by atoms with Gasteiger partial charge in [0.15, 0.2) is 0 Å². The maximum Gasteiger partial charge on any atom is 0.124 e. The normalized spacial score (nSPS) is 16.7. The first-order valence-corrected chi connectivity index (χ1v) is 10.5. The molecule has 0 spiro atoms. The first-order chi connectivity index (χ1) is 13.7. The van der Waals surface area contributed by atoms with Crippen LogP contribution in [0.25, 0.3) is 11.0 Å². The van der Waals surface area contributed by atoms with E-state index in [4.69, 9.17) is 4.98 Å². The number of nitrogens with zero attached hydrogens (tertiary/aromatic N) is 5. The van der Waals surface area contributed by atoms with Crippen LogP contribution in [0.2, 0.25) is 0 Å². The summed E-state index contributed by atoms with van der Waals surface area (Å²) in [6.07, 6.45) is 3.08. The van der Waals surface area contributed by atoms with Crippen molar-refractivity contribution in [2.75, 3.05) is 26.2 Å². The molecule has 1 aromatic carbocycles. The van der Waals surface area contributed by atoms with Gasteiger partial charge in [0.25, 0.3) is 0 Å². The summed E-state index contributed by atoms with van der Waals surface area (Å²) < 4.78 is 2.43. The maximum atomic E-state index is 4.97. The van der Waals surface area contributed by atoms with Gasteiger partial charge < -0.3 is 4.57 Å². The number of para-hydroxylation sites is 2. The molecule has 0 N–H and O–H groups in total. The van der Waals surface area contributed by atoms with Gasteiger partial charge in [-0.15, -0.1) is 0 Å². The number of imidazole rings is 1. The van der Waals surface area contributed by atoms with Crippen molar-refractivity contribution in [2.24, 2.45) is 5.92 Å². The van der Waals surface area contributed by atoms with Gasteiger partial charge in [0.1, 0.15) is 5.82 Å². The van der Waals surface area contributed by atoms with Crippen LogP contribution in [0.5, 0.6) is 0 Å². The Hall–Kier alpha value is -2.24. The summed E-state index contributed by atoms with van der Waals surface area (Å²) in [4.78, 5) is 14.6. The zero-order valence-corrected chi connectivity index (χ0v) is 17.1. The number of aromatic nitrogens is 3. The molecule has 1 aliphatic heterocycles. The third kappa shape index (κ3) is 4.59. The summed E-state index contributed by atoms with van der Waals surface area (Å²) in [6.45, 7) is 11.9. The monoisotopic (exact) mass is 377 g/mol. The fourth-order valence-electron chi connectivity index (χ4n) is 4.08. The van der Waals surface area contributed by atoms with Crippen LogP contribution in [-0.2, 0) is 19.6 Å². The van der Waals surface area contributed by atoms with Crippen molar-refractivity contribution in [3.8, 4) is 0 Å². The molecule has 1 aliphatic rings. The zero-order valence-electron chi connectivity index (χ0n) is 17.1. The van der Waals surface area contributed by atoms with E-state index in [2.05, 4.69) is 69.6 Å². The van der Waals surface area contributed by atoms with Gasteiger partial charge in [0.05, 0.1) is 23.3 Å². The van der Waals surface area contributed by atoms with Crippen molar-refractivity contribution in [1.29, 1.82) is 0 Å². The molecular formula is C23H31N5. The van der Waals surface area contributed by atoms with Crippen LogP contribution in [0, 0.1) is 5.92 Å². The topological polar surface area (TPSA) is 37.2 Å². The number of fused-ring (bicyclic) bond motifs is 1. The lowest BCUT2D eigenvalue weighted by Gasteiger charge is -2.22. The van der Waals surface area contributed by atoms with E-state index < -0.39 is 0 Å². The highest BCUT2D eigenvalue weighted by molar-refractivity contribution is 5.75. The van der Waals surface area contributed by atoms with Crippen LogP contribution in [0.3, 0.4) is 0 Å². The molecule has 3 aromatic rings. The van der Waals surface area contributed by atoms with Crippen LogP contribution in [0.1, 0.15) is 31.8 Å². The van der Waals surface area contributed by atoms with E-state index in [-0.39, 0.29) is 0 Å². The van der Waals surface area contributed by atoms with Crippen LogP contribution in [-0.4, -0.2) is 50.5 Å². The van der Waals surface area contributed by atoms with Gasteiger partial charge in [-0.2, -0.15) is 0 Å². The minimum atomic E-state index is 0.606. The second-order valence-electron chi connectivity index (χ2n) is 8.25. The minimum absolute atomic E-state index is 0.606. The molecule has 148 valence electrons. The van der Waals surface area contributed by atoms with Gasteiger partial charge in [0, 0.05) is 32.4 Å². The van der Waals surface area contributed by atoms with Gasteiger partial charge in [-0.1, -0.05) is 32.0 Å². The largest absolute Gasteiger partial charge is 0.327 e. The lowest BCUT2D eigenvalue weighted by molar-refractivity contribution is 0.240. The molecule has 1 fully saturated rings. The third-order valence-electron chi connectivity index (χ3n) is 5.44. The number of rotatable bonds is 6. The van der Waals surface area contributed by atoms with Crippen molar-refractivity contribution in [1.82, 2.24) is 24.3 Å². The Morgan fingerprint density at radius 3 is 2.39 bits per heavy atom. The Morgan fingerprint density at radius 1 is 0.893 bits per heavy atom. The first kappa shape index (κ1) is 19.1. The Labute approximate surface area is 168 Å². The Kier molecular flexibility index (Phi) is 6.03. The number of pyridine rings is 1. The van der Waals surface area contributed by atoms with E-state index in [0.29, 0.717) is 5.92 Å². The van der Waals surface area contributed by atoms with Crippen LogP contribution < -0.4 is 0 Å². The summed E-state index contributed by atoms with van der Waals surface area (Å²) in [5.41, 5.74) is 3.54. The number of benzene rings is 1. The molecule has 5 nitrogen and oxygen atoms in total. The van der Waals surface area contributed by atoms with E-state index in [1.807, 2.05) is 12.3 Å². The highest BCUT2D eigenvalue weighted by Crippen LogP contribution is 2.20. The van der Waals surface area contributed by atoms with Crippen molar-refractivity contribution < 1.29 is 0 Å². The first-order valence-electron chi connectivity index (χ1n) is 10.5. The Bertz CT molecular complexity index is 886. The summed E-state index contributed by atoms with van der Waals surface area (Å²) in [5, 5.41) is 0. The minimum Gasteiger partial charge on any atom is -0.327 e. The second-order valence-corrected chi connectivity index (χ2v) is 8.25. The molecule has 0 saturated carbocycles. The summed E-state index contributed by atoms with van der Waals surface area (Å²) in [5.74, 6) is 1.81. The number of hydrogen-bond donors (Lipinski definition) is 0. The zero-order chi connectivity index (χ0) is 19.3. The van der Waals surface area contributed by atoms with E-state index in [0.717, 1.165) is 57.0 Å². The average molecular weight is 378 g/mol. The molecule has 0 atom stereocenters. The van der Waals surface area contributed by atoms with Gasteiger partial charge in [0.2, 0.25) is 0 Å². The van der Waals surface area contributed by atoms with Gasteiger partial charge in [-0.05, 0) is 49.7 Å². The Balaban J connectivity index is 1.44. The fraction of sp³-hybridized carbons (Fsp3) is 0.478. The average Bonchev–Trinajstić information content (AvgIpc) is 2.87. The molecular weight excluding hydrogens is 346 g/mol. The predicted octanol–water partition coefficient (Wildman–Crippen LogP) is 3.80. The fourth-order valence-corrected chi connectivity index (χ4v) is 4.08. The predicted molar refractivity (Wildman–Crippen MR) is 114 cm³/mol. The highest BCUT2D eigenvalue weighted by Gasteiger charge is 2.19. The van der Waals surface area contributed by atoms with Gasteiger partial charge in [-0.25, -0.2) is 4.98 Å². The van der Waals surface area contributed by atoms with Crippen molar-refractivity contribution in [3.63, 3.8) is 0 Å². The van der Waals surface area contributed by atoms with Crippen LogP contribution in [0.15, 0.2) is 48.7 Å². The molecule has 5 heteroatoms. The molecule has 0 radical (unpaired) electrons. The Morgan fingerprint density at radius 2 is 1.64 bits per heavy atom. The van der Waals surface area contributed by atoms with Crippen LogP contribution in [0.4, 0.5) is 0 Å². The van der Waals surface area contributed by atoms with E-state index >= 15 is 0 Å². The quantitative estimate of drug-likeness (QED) is 0.655. The smallest absolute Gasteiger partial charge is 0.124 e. The molecule has 0 unspecified atom stereocenters. The summed E-state index contributed by atoms with van der Waals surface area (Å²) >= 11 is 0. The van der Waals surface area contributed by atoms with Gasteiger partial charge in [-0.3, -0.25) is 14.8 Å². The second kappa shape index (κ2) is 8.84. The lowest BCUT2D eigenvalue weighted by atomic mass is 10.2. The van der Waals surface area contributed by atoms with Gasteiger partial charge >= 0.3 is 0 Å². The van der Waals surface area contributed by atoms with E-state index in [1.54, 1.807) is 0 Å². The molecule has 0 amide bonds. The molecule has 3 heterocycles. The number of hydrogen-bond acceptors (Lipinski definition) is 4. The summed E-state index contributed by atoms with van der Waals surface area (Å²) in [7, 11) is 0. The SMILES string of the molecule is CC(C)Cn1c(CN2CCCN(Cc3ccccn3)CC2)nc2ccccc21. The molecule has 4 rings (SSSR count). The standard InChI is InChI=1S/C23H31N5/c1-19(2)16-28-22-10-4-3-9-21(22)25-23(28)18-27-13-7-12-26(14-15-27)17-20-8-5-6-11-24-20/h3-6,8-11,19H,7,12-18H2,1-2H3. The molecule has 28 heavy (non-hydrogen) atoms. The lowest BCUT2D eigenvalue weighted by Crippen LogP contribution is -2.31. The third-order valence-corrected chi connectivity index (χ3v) is 5.44. The van der Waals surface area contributed by atoms with Crippen molar-refractivity contribution in [2.45, 2.75) is 39.9 Å². The van der Waals surface area contributed by atoms with E-state index in [9.17, 15) is 0 Å². The van der Waals surface area contributed by atoms with Crippen LogP contribution >= 0.6 is 0 Å². The van der Waals surface area contributed by atoms with E-state index in [1.165, 1.54) is 17.8 Å². The van der Waals surface area contributed by atoms with Crippen molar-refractivity contribution in [3.05, 3.63) is 60.2 Å². The molecule has 1 saturated heterocycles. The molecule has 0 bridgehead atoms. The molecule has 2 aromatic heterocycles. The summed E-state index contributed by atoms with van der Waals surface area (Å²) in [6, 6.07) is 14.7. The molecule has 0 aliphatic carbocycles. The highest BCUT2D eigenvalue weighted by atomic mass is 15.2. The van der Waals surface area contributed by atoms with Crippen molar-refractivity contribution >= 4 is 11.0 Å². The maximum absolute atomic E-state index is 4.97.